The minimum Gasteiger partial charge on any atom is -0.490 e. The minimum atomic E-state index is 0.141. The second-order valence-electron chi connectivity index (χ2n) is 4.79. The second-order valence-corrected chi connectivity index (χ2v) is 4.79. The van der Waals surface area contributed by atoms with Crippen LogP contribution in [-0.4, -0.2) is 32.5 Å². The van der Waals surface area contributed by atoms with Crippen LogP contribution in [0.3, 0.4) is 0 Å². The van der Waals surface area contributed by atoms with E-state index in [4.69, 9.17) is 19.9 Å². The van der Waals surface area contributed by atoms with E-state index in [1.165, 1.54) is 5.56 Å². The van der Waals surface area contributed by atoms with E-state index in [2.05, 4.69) is 0 Å². The zero-order valence-electron chi connectivity index (χ0n) is 12.9. The molecule has 1 rings (SSSR count). The first kappa shape index (κ1) is 16.8. The Kier molecular flexibility index (Phi) is 8.07. The van der Waals surface area contributed by atoms with Crippen molar-refractivity contribution in [2.45, 2.75) is 39.7 Å². The van der Waals surface area contributed by atoms with Gasteiger partial charge in [0, 0.05) is 25.7 Å². The molecule has 0 fully saturated rings. The number of benzene rings is 1. The summed E-state index contributed by atoms with van der Waals surface area (Å²) in [5.74, 6) is 1.58. The van der Waals surface area contributed by atoms with Crippen LogP contribution >= 0.6 is 0 Å². The van der Waals surface area contributed by atoms with Gasteiger partial charge in [0.05, 0.1) is 13.2 Å². The fourth-order valence-electron chi connectivity index (χ4n) is 1.93. The van der Waals surface area contributed by atoms with Crippen LogP contribution in [0.1, 0.15) is 32.8 Å². The number of hydrogen-bond donors (Lipinski definition) is 1. The van der Waals surface area contributed by atoms with E-state index in [-0.39, 0.29) is 6.04 Å². The molecule has 2 N–H and O–H groups in total. The monoisotopic (exact) mass is 281 g/mol. The Morgan fingerprint density at radius 1 is 1.05 bits per heavy atom. The second kappa shape index (κ2) is 9.61. The first-order valence-electron chi connectivity index (χ1n) is 7.39. The maximum atomic E-state index is 5.83. The quantitative estimate of drug-likeness (QED) is 0.670. The van der Waals surface area contributed by atoms with Crippen molar-refractivity contribution in [1.82, 2.24) is 0 Å². The highest BCUT2D eigenvalue weighted by Crippen LogP contribution is 2.29. The summed E-state index contributed by atoms with van der Waals surface area (Å²) >= 11 is 0. The summed E-state index contributed by atoms with van der Waals surface area (Å²) in [6.45, 7) is 8.68. The highest BCUT2D eigenvalue weighted by molar-refractivity contribution is 5.43. The minimum absolute atomic E-state index is 0.141. The molecule has 0 saturated heterocycles. The van der Waals surface area contributed by atoms with E-state index in [1.807, 2.05) is 39.0 Å². The van der Waals surface area contributed by atoms with Crippen molar-refractivity contribution in [3.8, 4) is 11.5 Å². The molecule has 0 amide bonds. The Balaban J connectivity index is 2.59. The molecular weight excluding hydrogens is 254 g/mol. The van der Waals surface area contributed by atoms with Gasteiger partial charge in [-0.3, -0.25) is 0 Å². The zero-order valence-corrected chi connectivity index (χ0v) is 12.9. The van der Waals surface area contributed by atoms with Gasteiger partial charge in [-0.15, -0.1) is 0 Å². The molecule has 0 spiro atoms. The smallest absolute Gasteiger partial charge is 0.161 e. The van der Waals surface area contributed by atoms with Crippen molar-refractivity contribution < 1.29 is 14.2 Å². The average molecular weight is 281 g/mol. The summed E-state index contributed by atoms with van der Waals surface area (Å²) in [6, 6.07) is 6.17. The van der Waals surface area contributed by atoms with Gasteiger partial charge in [-0.25, -0.2) is 0 Å². The van der Waals surface area contributed by atoms with Gasteiger partial charge < -0.3 is 19.9 Å². The molecule has 1 aromatic carbocycles. The van der Waals surface area contributed by atoms with Crippen LogP contribution in [0, 0.1) is 0 Å². The van der Waals surface area contributed by atoms with Crippen molar-refractivity contribution in [2.24, 2.45) is 5.73 Å². The maximum absolute atomic E-state index is 5.83. The van der Waals surface area contributed by atoms with E-state index in [9.17, 15) is 0 Å². The summed E-state index contributed by atoms with van der Waals surface area (Å²) in [6.07, 6.45) is 1.71. The molecule has 0 aliphatic heterocycles. The van der Waals surface area contributed by atoms with Gasteiger partial charge in [-0.1, -0.05) is 6.07 Å². The largest absolute Gasteiger partial charge is 0.490 e. The Labute approximate surface area is 122 Å². The molecule has 4 nitrogen and oxygen atoms in total. The van der Waals surface area contributed by atoms with Crippen LogP contribution in [0.15, 0.2) is 18.2 Å². The lowest BCUT2D eigenvalue weighted by Crippen LogP contribution is -2.17. The third-order valence-electron chi connectivity index (χ3n) is 2.76. The van der Waals surface area contributed by atoms with Gasteiger partial charge in [0.1, 0.15) is 0 Å². The van der Waals surface area contributed by atoms with Crippen molar-refractivity contribution >= 4 is 0 Å². The SMILES string of the molecule is CCOCCCOc1ccc(CC(C)N)cc1OCC. The van der Waals surface area contributed by atoms with Gasteiger partial charge in [0.15, 0.2) is 11.5 Å². The van der Waals surface area contributed by atoms with E-state index >= 15 is 0 Å². The third-order valence-corrected chi connectivity index (χ3v) is 2.76. The molecule has 0 saturated carbocycles. The molecule has 4 heteroatoms. The first-order chi connectivity index (χ1) is 9.67. The predicted molar refractivity (Wildman–Crippen MR) is 81.6 cm³/mol. The Morgan fingerprint density at radius 2 is 1.85 bits per heavy atom. The number of ether oxygens (including phenoxy) is 3. The maximum Gasteiger partial charge on any atom is 0.161 e. The normalized spacial score (nSPS) is 12.2. The Bertz CT molecular complexity index is 380. The molecule has 0 heterocycles. The average Bonchev–Trinajstić information content (AvgIpc) is 2.40. The standard InChI is InChI=1S/C16H27NO3/c1-4-18-9-6-10-20-15-8-7-14(11-13(3)17)12-16(15)19-5-2/h7-8,12-13H,4-6,9-11,17H2,1-3H3. The fraction of sp³-hybridized carbons (Fsp3) is 0.625. The van der Waals surface area contributed by atoms with Crippen LogP contribution in [0.4, 0.5) is 0 Å². The van der Waals surface area contributed by atoms with Crippen LogP contribution in [0.5, 0.6) is 11.5 Å². The summed E-state index contributed by atoms with van der Waals surface area (Å²) in [7, 11) is 0. The van der Waals surface area contributed by atoms with Gasteiger partial charge in [0.2, 0.25) is 0 Å². The lowest BCUT2D eigenvalue weighted by atomic mass is 10.1. The Hall–Kier alpha value is -1.26. The molecule has 1 unspecified atom stereocenters. The number of rotatable bonds is 10. The summed E-state index contributed by atoms with van der Waals surface area (Å²) in [4.78, 5) is 0. The van der Waals surface area contributed by atoms with Crippen molar-refractivity contribution in [3.05, 3.63) is 23.8 Å². The third kappa shape index (κ3) is 6.26. The summed E-state index contributed by atoms with van der Waals surface area (Å²) < 4.78 is 16.7. The van der Waals surface area contributed by atoms with Gasteiger partial charge in [0.25, 0.3) is 0 Å². The molecule has 20 heavy (non-hydrogen) atoms. The van der Waals surface area contributed by atoms with Crippen molar-refractivity contribution in [2.75, 3.05) is 26.4 Å². The molecule has 1 atom stereocenters. The van der Waals surface area contributed by atoms with Gasteiger partial charge in [-0.05, 0) is 44.9 Å². The van der Waals surface area contributed by atoms with E-state index in [1.54, 1.807) is 0 Å². The highest BCUT2D eigenvalue weighted by Gasteiger charge is 2.07. The molecule has 114 valence electrons. The molecule has 1 aromatic rings. The fourth-order valence-corrected chi connectivity index (χ4v) is 1.93. The van der Waals surface area contributed by atoms with E-state index in [0.717, 1.165) is 37.6 Å². The molecular formula is C16H27NO3. The lowest BCUT2D eigenvalue weighted by molar-refractivity contribution is 0.130. The van der Waals surface area contributed by atoms with Crippen molar-refractivity contribution in [3.63, 3.8) is 0 Å². The van der Waals surface area contributed by atoms with E-state index < -0.39 is 0 Å². The predicted octanol–water partition coefficient (Wildman–Crippen LogP) is 2.78. The van der Waals surface area contributed by atoms with E-state index in [0.29, 0.717) is 13.2 Å². The zero-order chi connectivity index (χ0) is 14.8. The molecule has 0 aliphatic carbocycles. The summed E-state index contributed by atoms with van der Waals surface area (Å²) in [5, 5.41) is 0. The molecule has 0 aromatic heterocycles. The highest BCUT2D eigenvalue weighted by atomic mass is 16.5. The van der Waals surface area contributed by atoms with Crippen LogP contribution < -0.4 is 15.2 Å². The number of hydrogen-bond acceptors (Lipinski definition) is 4. The van der Waals surface area contributed by atoms with Gasteiger partial charge in [-0.2, -0.15) is 0 Å². The molecule has 0 radical (unpaired) electrons. The van der Waals surface area contributed by atoms with Crippen molar-refractivity contribution in [1.29, 1.82) is 0 Å². The summed E-state index contributed by atoms with van der Waals surface area (Å²) in [5.41, 5.74) is 7.00. The van der Waals surface area contributed by atoms with Crippen LogP contribution in [0.25, 0.3) is 0 Å². The van der Waals surface area contributed by atoms with Crippen LogP contribution in [0.2, 0.25) is 0 Å². The molecule has 0 bridgehead atoms. The Morgan fingerprint density at radius 3 is 2.50 bits per heavy atom. The lowest BCUT2D eigenvalue weighted by Gasteiger charge is -2.14. The number of nitrogens with two attached hydrogens (primary N) is 1. The van der Waals surface area contributed by atoms with Crippen LogP contribution in [-0.2, 0) is 11.2 Å². The topological polar surface area (TPSA) is 53.7 Å². The van der Waals surface area contributed by atoms with Gasteiger partial charge >= 0.3 is 0 Å². The molecule has 0 aliphatic rings. The first-order valence-corrected chi connectivity index (χ1v) is 7.39.